The number of carbonyl (C=O) groups is 2. The van der Waals surface area contributed by atoms with Crippen LogP contribution in [0.1, 0.15) is 36.4 Å². The van der Waals surface area contributed by atoms with Gasteiger partial charge in [0.2, 0.25) is 11.8 Å². The first-order chi connectivity index (χ1) is 10.7. The molecule has 0 radical (unpaired) electrons. The van der Waals surface area contributed by atoms with Gasteiger partial charge in [0.15, 0.2) is 0 Å². The molecule has 1 aliphatic carbocycles. The second kappa shape index (κ2) is 6.75. The Balaban J connectivity index is 1.67. The van der Waals surface area contributed by atoms with E-state index in [4.69, 9.17) is 4.74 Å². The number of methoxy groups -OCH3 is 1. The number of fused-ring (bicyclic) bond motifs is 1. The Morgan fingerprint density at radius 1 is 1.50 bits per heavy atom. The van der Waals surface area contributed by atoms with E-state index >= 15 is 0 Å². The van der Waals surface area contributed by atoms with Crippen molar-refractivity contribution in [1.82, 2.24) is 15.2 Å². The Hall–Kier alpha value is -1.47. The molecule has 0 aromatic carbocycles. The van der Waals surface area contributed by atoms with Crippen LogP contribution in [0.25, 0.3) is 0 Å². The summed E-state index contributed by atoms with van der Waals surface area (Å²) in [7, 11) is 1.63. The molecule has 1 saturated heterocycles. The quantitative estimate of drug-likeness (QED) is 0.901. The number of ether oxygens (including phenoxy) is 1. The van der Waals surface area contributed by atoms with Crippen molar-refractivity contribution in [3.63, 3.8) is 0 Å². The van der Waals surface area contributed by atoms with E-state index < -0.39 is 0 Å². The summed E-state index contributed by atoms with van der Waals surface area (Å²) in [5, 5.41) is 5.79. The van der Waals surface area contributed by atoms with Crippen molar-refractivity contribution in [1.29, 1.82) is 0 Å². The monoisotopic (exact) mass is 323 g/mol. The molecule has 1 N–H and O–H groups in total. The van der Waals surface area contributed by atoms with Crippen molar-refractivity contribution in [2.75, 3.05) is 13.7 Å². The molecular weight excluding hydrogens is 302 g/mol. The van der Waals surface area contributed by atoms with Crippen LogP contribution >= 0.6 is 11.3 Å². The number of hydrogen-bond donors (Lipinski definition) is 1. The average molecular weight is 323 g/mol. The first kappa shape index (κ1) is 15.4. The fourth-order valence-electron chi connectivity index (χ4n) is 3.33. The zero-order chi connectivity index (χ0) is 15.5. The number of nitrogens with zero attached hydrogens (tertiary/aromatic N) is 2. The molecular formula is C15H21N3O3S. The van der Waals surface area contributed by atoms with E-state index in [-0.39, 0.29) is 36.9 Å². The van der Waals surface area contributed by atoms with E-state index in [0.717, 1.165) is 36.4 Å². The van der Waals surface area contributed by atoms with Crippen LogP contribution in [0.15, 0.2) is 5.38 Å². The molecule has 0 spiro atoms. The number of thiazole rings is 1. The molecule has 7 heteroatoms. The molecule has 1 saturated carbocycles. The fourth-order valence-corrected chi connectivity index (χ4v) is 4.09. The molecule has 1 aromatic rings. The van der Waals surface area contributed by atoms with Gasteiger partial charge in [-0.2, -0.15) is 0 Å². The molecule has 2 amide bonds. The summed E-state index contributed by atoms with van der Waals surface area (Å²) in [5.41, 5.74) is 0.764. The maximum atomic E-state index is 12.6. The highest BCUT2D eigenvalue weighted by Crippen LogP contribution is 2.26. The number of nitrogens with one attached hydrogen (secondary N) is 1. The predicted molar refractivity (Wildman–Crippen MR) is 82.4 cm³/mol. The highest BCUT2D eigenvalue weighted by atomic mass is 32.1. The normalized spacial score (nSPS) is 24.8. The van der Waals surface area contributed by atoms with Gasteiger partial charge in [0.25, 0.3) is 0 Å². The summed E-state index contributed by atoms with van der Waals surface area (Å²) in [6.07, 6.45) is 4.44. The van der Waals surface area contributed by atoms with Crippen molar-refractivity contribution >= 4 is 23.2 Å². The van der Waals surface area contributed by atoms with Gasteiger partial charge in [0, 0.05) is 18.5 Å². The summed E-state index contributed by atoms with van der Waals surface area (Å²) in [5.74, 6) is -0.0455. The lowest BCUT2D eigenvalue weighted by Crippen LogP contribution is -2.63. The van der Waals surface area contributed by atoms with E-state index in [1.165, 1.54) is 11.3 Å². The van der Waals surface area contributed by atoms with Crippen molar-refractivity contribution in [3.05, 3.63) is 16.1 Å². The SMILES string of the molecule is COCc1nc(CC(=O)N2CC(=O)N[C@H]3CCCC[C@H]32)cs1. The third-order valence-electron chi connectivity index (χ3n) is 4.31. The molecule has 120 valence electrons. The van der Waals surface area contributed by atoms with Gasteiger partial charge < -0.3 is 15.0 Å². The molecule has 0 bridgehead atoms. The minimum atomic E-state index is -0.0464. The first-order valence-electron chi connectivity index (χ1n) is 7.68. The van der Waals surface area contributed by atoms with Crippen molar-refractivity contribution in [2.24, 2.45) is 0 Å². The van der Waals surface area contributed by atoms with E-state index in [0.29, 0.717) is 6.61 Å². The molecule has 22 heavy (non-hydrogen) atoms. The lowest BCUT2D eigenvalue weighted by Gasteiger charge is -2.43. The zero-order valence-electron chi connectivity index (χ0n) is 12.7. The Bertz CT molecular complexity index is 560. The van der Waals surface area contributed by atoms with Crippen LogP contribution in [-0.4, -0.2) is 47.4 Å². The number of hydrogen-bond acceptors (Lipinski definition) is 5. The molecule has 2 atom stereocenters. The smallest absolute Gasteiger partial charge is 0.239 e. The van der Waals surface area contributed by atoms with E-state index in [2.05, 4.69) is 10.3 Å². The van der Waals surface area contributed by atoms with Crippen LogP contribution in [0.3, 0.4) is 0 Å². The Labute approximate surface area is 133 Å². The number of aromatic nitrogens is 1. The van der Waals surface area contributed by atoms with Gasteiger partial charge in [-0.1, -0.05) is 12.8 Å². The summed E-state index contributed by atoms with van der Waals surface area (Å²) in [6, 6.07) is 0.273. The van der Waals surface area contributed by atoms with Crippen molar-refractivity contribution < 1.29 is 14.3 Å². The number of carbonyl (C=O) groups excluding carboxylic acids is 2. The van der Waals surface area contributed by atoms with Gasteiger partial charge in [-0.05, 0) is 12.8 Å². The van der Waals surface area contributed by atoms with Crippen LogP contribution in [0.5, 0.6) is 0 Å². The minimum absolute atomic E-state index is 0.000942. The first-order valence-corrected chi connectivity index (χ1v) is 8.56. The number of piperazine rings is 1. The predicted octanol–water partition coefficient (Wildman–Crippen LogP) is 1.10. The van der Waals surface area contributed by atoms with Crippen molar-refractivity contribution in [3.8, 4) is 0 Å². The van der Waals surface area contributed by atoms with Crippen LogP contribution in [0.4, 0.5) is 0 Å². The minimum Gasteiger partial charge on any atom is -0.378 e. The van der Waals surface area contributed by atoms with Gasteiger partial charge >= 0.3 is 0 Å². The lowest BCUT2D eigenvalue weighted by atomic mass is 9.87. The highest BCUT2D eigenvalue weighted by Gasteiger charge is 2.38. The molecule has 0 unspecified atom stereocenters. The second-order valence-corrected chi connectivity index (χ2v) is 6.83. The molecule has 1 aliphatic heterocycles. The van der Waals surface area contributed by atoms with Crippen LogP contribution in [0.2, 0.25) is 0 Å². The number of amides is 2. The van der Waals surface area contributed by atoms with Crippen LogP contribution in [-0.2, 0) is 27.4 Å². The lowest BCUT2D eigenvalue weighted by molar-refractivity contribution is -0.143. The Kier molecular flexibility index (Phi) is 4.73. The molecule has 2 heterocycles. The summed E-state index contributed by atoms with van der Waals surface area (Å²) < 4.78 is 5.05. The summed E-state index contributed by atoms with van der Waals surface area (Å²) >= 11 is 1.50. The van der Waals surface area contributed by atoms with Crippen molar-refractivity contribution in [2.45, 2.75) is 50.8 Å². The van der Waals surface area contributed by atoms with E-state index in [9.17, 15) is 9.59 Å². The summed E-state index contributed by atoms with van der Waals surface area (Å²) in [6.45, 7) is 0.644. The Morgan fingerprint density at radius 3 is 3.14 bits per heavy atom. The third kappa shape index (κ3) is 3.30. The second-order valence-electron chi connectivity index (χ2n) is 5.89. The van der Waals surface area contributed by atoms with Gasteiger partial charge in [0.1, 0.15) is 5.01 Å². The highest BCUT2D eigenvalue weighted by molar-refractivity contribution is 7.09. The fraction of sp³-hybridized carbons (Fsp3) is 0.667. The topological polar surface area (TPSA) is 71.5 Å². The van der Waals surface area contributed by atoms with E-state index in [1.807, 2.05) is 5.38 Å². The third-order valence-corrected chi connectivity index (χ3v) is 5.18. The molecule has 1 aromatic heterocycles. The maximum absolute atomic E-state index is 12.6. The van der Waals surface area contributed by atoms with Gasteiger partial charge in [-0.15, -0.1) is 11.3 Å². The largest absolute Gasteiger partial charge is 0.378 e. The number of rotatable bonds is 4. The standard InChI is InChI=1S/C15H21N3O3S/c1-21-8-14-16-10(9-22-14)6-15(20)18-7-13(19)17-11-4-2-3-5-12(11)18/h9,11-12H,2-8H2,1H3,(H,17,19)/t11-,12+/m0/s1. The molecule has 2 fully saturated rings. The summed E-state index contributed by atoms with van der Waals surface area (Å²) in [4.78, 5) is 30.6. The zero-order valence-corrected chi connectivity index (χ0v) is 13.5. The molecule has 6 nitrogen and oxygen atoms in total. The van der Waals surface area contributed by atoms with Crippen LogP contribution < -0.4 is 5.32 Å². The van der Waals surface area contributed by atoms with Gasteiger partial charge in [0.05, 0.1) is 31.3 Å². The Morgan fingerprint density at radius 2 is 2.32 bits per heavy atom. The average Bonchev–Trinajstić information content (AvgIpc) is 2.94. The maximum Gasteiger partial charge on any atom is 0.239 e. The van der Waals surface area contributed by atoms with Gasteiger partial charge in [-0.3, -0.25) is 9.59 Å². The van der Waals surface area contributed by atoms with Gasteiger partial charge in [-0.25, -0.2) is 4.98 Å². The molecule has 3 rings (SSSR count). The van der Waals surface area contributed by atoms with Crippen LogP contribution in [0, 0.1) is 0 Å². The van der Waals surface area contributed by atoms with E-state index in [1.54, 1.807) is 12.0 Å². The molecule has 2 aliphatic rings.